The van der Waals surface area contributed by atoms with Crippen molar-refractivity contribution in [1.29, 1.82) is 0 Å². The fraction of sp³-hybridized carbons (Fsp3) is 0.111. The number of amides is 2. The van der Waals surface area contributed by atoms with Gasteiger partial charge in [0, 0.05) is 33.7 Å². The molecule has 2 amide bonds. The molecule has 0 bridgehead atoms. The van der Waals surface area contributed by atoms with Crippen LogP contribution in [0.1, 0.15) is 11.1 Å². The van der Waals surface area contributed by atoms with Gasteiger partial charge in [-0.15, -0.1) is 0 Å². The minimum absolute atomic E-state index is 0.0806. The molecule has 36 heavy (non-hydrogen) atoms. The van der Waals surface area contributed by atoms with Crippen molar-refractivity contribution >= 4 is 55.8 Å². The van der Waals surface area contributed by atoms with Crippen LogP contribution in [0.5, 0.6) is 5.75 Å². The fourth-order valence-corrected chi connectivity index (χ4v) is 5.17. The average Bonchev–Trinajstić information content (AvgIpc) is 3.32. The molecular formula is C27H19BrF2N2O3S. The van der Waals surface area contributed by atoms with Gasteiger partial charge >= 0.3 is 0 Å². The molecule has 0 saturated carbocycles. The Morgan fingerprint density at radius 3 is 2.36 bits per heavy atom. The molecule has 1 aliphatic heterocycles. The van der Waals surface area contributed by atoms with E-state index in [2.05, 4.69) is 15.9 Å². The summed E-state index contributed by atoms with van der Waals surface area (Å²) in [5, 5.41) is 0.545. The quantitative estimate of drug-likeness (QED) is 0.229. The molecule has 0 unspecified atom stereocenters. The summed E-state index contributed by atoms with van der Waals surface area (Å²) in [5.74, 6) is -0.593. The van der Waals surface area contributed by atoms with Crippen LogP contribution < -0.4 is 4.74 Å². The average molecular weight is 569 g/mol. The summed E-state index contributed by atoms with van der Waals surface area (Å²) in [7, 11) is 0. The Hall–Kier alpha value is -3.43. The van der Waals surface area contributed by atoms with Gasteiger partial charge < -0.3 is 9.30 Å². The standard InChI is InChI=1S/C27H19BrF2N2O3S/c28-19-3-10-24-23(14-19)18(16-31(24)15-17-1-4-20(29)5-2-17)13-25-26(33)32(27(34)36-25)11-12-35-22-8-6-21(30)7-9-22/h1-10,13-14,16H,11-12,15H2/b25-13-. The Labute approximate surface area is 218 Å². The van der Waals surface area contributed by atoms with Crippen LogP contribution in [0.25, 0.3) is 17.0 Å². The van der Waals surface area contributed by atoms with Gasteiger partial charge in [-0.05, 0) is 78.0 Å². The number of thioether (sulfide) groups is 1. The maximum atomic E-state index is 13.3. The summed E-state index contributed by atoms with van der Waals surface area (Å²) in [5.41, 5.74) is 2.67. The first-order chi connectivity index (χ1) is 17.4. The molecule has 2 heterocycles. The molecule has 5 rings (SSSR count). The van der Waals surface area contributed by atoms with E-state index in [-0.39, 0.29) is 35.9 Å². The lowest BCUT2D eigenvalue weighted by molar-refractivity contribution is -0.123. The van der Waals surface area contributed by atoms with Crippen LogP contribution in [0, 0.1) is 11.6 Å². The Kier molecular flexibility index (Phi) is 6.93. The van der Waals surface area contributed by atoms with Gasteiger partial charge in [0.15, 0.2) is 0 Å². The largest absolute Gasteiger partial charge is 0.492 e. The highest BCUT2D eigenvalue weighted by Crippen LogP contribution is 2.35. The SMILES string of the molecule is O=C1S/C(=C\c2cn(Cc3ccc(F)cc3)c3ccc(Br)cc23)C(=O)N1CCOc1ccc(F)cc1. The maximum absolute atomic E-state index is 13.3. The van der Waals surface area contributed by atoms with Gasteiger partial charge in [0.2, 0.25) is 0 Å². The predicted octanol–water partition coefficient (Wildman–Crippen LogP) is 6.85. The number of halogens is 3. The number of hydrogen-bond acceptors (Lipinski definition) is 4. The van der Waals surface area contributed by atoms with Crippen molar-refractivity contribution in [1.82, 2.24) is 9.47 Å². The number of carbonyl (C=O) groups is 2. The molecule has 0 aliphatic carbocycles. The number of hydrogen-bond donors (Lipinski definition) is 0. The highest BCUT2D eigenvalue weighted by atomic mass is 79.9. The summed E-state index contributed by atoms with van der Waals surface area (Å²) in [6.07, 6.45) is 3.65. The fourth-order valence-electron chi connectivity index (χ4n) is 3.95. The predicted molar refractivity (Wildman–Crippen MR) is 140 cm³/mol. The van der Waals surface area contributed by atoms with Crippen LogP contribution in [0.15, 0.2) is 82.3 Å². The van der Waals surface area contributed by atoms with Crippen LogP contribution in [0.3, 0.4) is 0 Å². The van der Waals surface area contributed by atoms with E-state index < -0.39 is 0 Å². The summed E-state index contributed by atoms with van der Waals surface area (Å²) < 4.78 is 34.8. The van der Waals surface area contributed by atoms with Crippen molar-refractivity contribution in [2.45, 2.75) is 6.54 Å². The number of aromatic nitrogens is 1. The minimum Gasteiger partial charge on any atom is -0.492 e. The summed E-state index contributed by atoms with van der Waals surface area (Å²) in [6, 6.07) is 17.7. The van der Waals surface area contributed by atoms with Crippen molar-refractivity contribution in [2.75, 3.05) is 13.2 Å². The Morgan fingerprint density at radius 1 is 0.944 bits per heavy atom. The van der Waals surface area contributed by atoms with E-state index in [4.69, 9.17) is 4.74 Å². The van der Waals surface area contributed by atoms with Gasteiger partial charge in [0.1, 0.15) is 24.0 Å². The van der Waals surface area contributed by atoms with Crippen molar-refractivity contribution in [3.05, 3.63) is 105 Å². The maximum Gasteiger partial charge on any atom is 0.293 e. The monoisotopic (exact) mass is 568 g/mol. The van der Waals surface area contributed by atoms with Crippen molar-refractivity contribution in [3.63, 3.8) is 0 Å². The number of carbonyl (C=O) groups excluding carboxylic acids is 2. The number of nitrogens with zero attached hydrogens (tertiary/aromatic N) is 2. The first-order valence-corrected chi connectivity index (χ1v) is 12.6. The van der Waals surface area contributed by atoms with Gasteiger partial charge in [0.25, 0.3) is 11.1 Å². The zero-order valence-corrected chi connectivity index (χ0v) is 21.2. The molecular weight excluding hydrogens is 550 g/mol. The van der Waals surface area contributed by atoms with E-state index in [1.54, 1.807) is 18.2 Å². The van der Waals surface area contributed by atoms with Crippen molar-refractivity contribution in [2.24, 2.45) is 0 Å². The number of ether oxygens (including phenoxy) is 1. The smallest absolute Gasteiger partial charge is 0.293 e. The second-order valence-corrected chi connectivity index (χ2v) is 10.0. The number of fused-ring (bicyclic) bond motifs is 1. The molecule has 1 aromatic heterocycles. The zero-order chi connectivity index (χ0) is 25.2. The molecule has 3 aromatic carbocycles. The molecule has 1 aliphatic rings. The van der Waals surface area contributed by atoms with E-state index in [9.17, 15) is 18.4 Å². The molecule has 0 atom stereocenters. The van der Waals surface area contributed by atoms with Gasteiger partial charge in [-0.2, -0.15) is 0 Å². The van der Waals surface area contributed by atoms with Crippen molar-refractivity contribution in [3.8, 4) is 5.75 Å². The molecule has 5 nitrogen and oxygen atoms in total. The van der Waals surface area contributed by atoms with E-state index in [1.165, 1.54) is 36.4 Å². The van der Waals surface area contributed by atoms with Gasteiger partial charge in [-0.3, -0.25) is 14.5 Å². The molecule has 9 heteroatoms. The normalized spacial score (nSPS) is 14.9. The Morgan fingerprint density at radius 2 is 1.64 bits per heavy atom. The Balaban J connectivity index is 1.36. The second kappa shape index (κ2) is 10.3. The molecule has 0 radical (unpaired) electrons. The van der Waals surface area contributed by atoms with Crippen LogP contribution in [0.4, 0.5) is 13.6 Å². The Bertz CT molecular complexity index is 1480. The third-order valence-corrected chi connectivity index (χ3v) is 7.10. The highest BCUT2D eigenvalue weighted by Gasteiger charge is 2.35. The molecule has 4 aromatic rings. The third kappa shape index (κ3) is 5.22. The van der Waals surface area contributed by atoms with Gasteiger partial charge in [-0.25, -0.2) is 8.78 Å². The highest BCUT2D eigenvalue weighted by molar-refractivity contribution is 9.10. The summed E-state index contributed by atoms with van der Waals surface area (Å²) in [4.78, 5) is 27.0. The first kappa shape index (κ1) is 24.3. The molecule has 1 fully saturated rings. The molecule has 182 valence electrons. The van der Waals surface area contributed by atoms with Gasteiger partial charge in [-0.1, -0.05) is 28.1 Å². The molecule has 0 N–H and O–H groups in total. The van der Waals surface area contributed by atoms with Crippen LogP contribution >= 0.6 is 27.7 Å². The summed E-state index contributed by atoms with van der Waals surface area (Å²) >= 11 is 4.39. The number of rotatable bonds is 7. The van der Waals surface area contributed by atoms with E-state index >= 15 is 0 Å². The van der Waals surface area contributed by atoms with Gasteiger partial charge in [0.05, 0.1) is 11.4 Å². The summed E-state index contributed by atoms with van der Waals surface area (Å²) in [6.45, 7) is 0.701. The lowest BCUT2D eigenvalue weighted by atomic mass is 10.1. The first-order valence-electron chi connectivity index (χ1n) is 11.0. The lowest BCUT2D eigenvalue weighted by Gasteiger charge is -2.13. The number of imide groups is 1. The number of benzene rings is 3. The van der Waals surface area contributed by atoms with E-state index in [1.807, 2.05) is 29.0 Å². The molecule has 1 saturated heterocycles. The zero-order valence-electron chi connectivity index (χ0n) is 18.8. The molecule has 0 spiro atoms. The van der Waals surface area contributed by atoms with Crippen LogP contribution in [-0.2, 0) is 11.3 Å². The van der Waals surface area contributed by atoms with E-state index in [0.717, 1.165) is 43.2 Å². The van der Waals surface area contributed by atoms with Crippen LogP contribution in [0.2, 0.25) is 0 Å². The van der Waals surface area contributed by atoms with Crippen LogP contribution in [-0.4, -0.2) is 33.8 Å². The van der Waals surface area contributed by atoms with E-state index in [0.29, 0.717) is 17.2 Å². The lowest BCUT2D eigenvalue weighted by Crippen LogP contribution is -2.32. The third-order valence-electron chi connectivity index (χ3n) is 5.70. The second-order valence-electron chi connectivity index (χ2n) is 8.14. The van der Waals surface area contributed by atoms with Crippen molar-refractivity contribution < 1.29 is 23.1 Å². The minimum atomic E-state index is -0.387. The topological polar surface area (TPSA) is 51.5 Å².